The van der Waals surface area contributed by atoms with Gasteiger partial charge in [-0.25, -0.2) is 4.79 Å². The second kappa shape index (κ2) is 8.95. The molecule has 1 N–H and O–H groups in total. The molecule has 2 unspecified atom stereocenters. The fourth-order valence-electron chi connectivity index (χ4n) is 2.00. The molecule has 5 heteroatoms. The molecule has 0 spiro atoms. The highest BCUT2D eigenvalue weighted by Crippen LogP contribution is 2.20. The molecule has 0 radical (unpaired) electrons. The van der Waals surface area contributed by atoms with E-state index in [1.54, 1.807) is 0 Å². The third-order valence-corrected chi connectivity index (χ3v) is 3.01. The van der Waals surface area contributed by atoms with Crippen LogP contribution in [0.4, 0.5) is 4.79 Å². The van der Waals surface area contributed by atoms with Crippen molar-refractivity contribution in [2.75, 3.05) is 19.8 Å². The number of alkyl carbamates (subject to hydrolysis) is 1. The van der Waals surface area contributed by atoms with Crippen molar-refractivity contribution in [2.45, 2.75) is 54.0 Å². The summed E-state index contributed by atoms with van der Waals surface area (Å²) in [5, 5.41) is 2.63. The van der Waals surface area contributed by atoms with Gasteiger partial charge in [0, 0.05) is 12.5 Å². The lowest BCUT2D eigenvalue weighted by molar-refractivity contribution is -0.121. The van der Waals surface area contributed by atoms with Crippen LogP contribution in [0.15, 0.2) is 0 Å². The number of carbonyl (C=O) groups is 2. The Morgan fingerprint density at radius 3 is 2.35 bits per heavy atom. The Labute approximate surface area is 122 Å². The number of Topliss-reactive ketones (excluding diaryl/α,β-unsaturated/α-hetero) is 1. The van der Waals surface area contributed by atoms with Crippen LogP contribution in [0.25, 0.3) is 0 Å². The van der Waals surface area contributed by atoms with Crippen molar-refractivity contribution in [3.63, 3.8) is 0 Å². The molecule has 0 bridgehead atoms. The standard InChI is InChI=1S/C13H23NO4.C2H6/c1-9(15)11(13(2,3)4)14-12(16)18-8-10-5-6-17-7-10;1-2/h10-11H,5-8H2,1-4H3,(H,14,16);1-2H3. The monoisotopic (exact) mass is 287 g/mol. The molecular formula is C15H29NO4. The van der Waals surface area contributed by atoms with Crippen LogP contribution in [0.1, 0.15) is 48.0 Å². The molecule has 1 amide bonds. The van der Waals surface area contributed by atoms with Gasteiger partial charge in [0.15, 0.2) is 5.78 Å². The first-order valence-electron chi connectivity index (χ1n) is 7.32. The minimum Gasteiger partial charge on any atom is -0.449 e. The summed E-state index contributed by atoms with van der Waals surface area (Å²) in [5.41, 5.74) is -0.318. The first-order valence-corrected chi connectivity index (χ1v) is 7.32. The Bertz CT molecular complexity index is 303. The zero-order valence-electron chi connectivity index (χ0n) is 13.6. The van der Waals surface area contributed by atoms with E-state index in [-0.39, 0.29) is 17.1 Å². The maximum absolute atomic E-state index is 11.6. The third-order valence-electron chi connectivity index (χ3n) is 3.01. The lowest BCUT2D eigenvalue weighted by Gasteiger charge is -2.29. The van der Waals surface area contributed by atoms with Crippen LogP contribution >= 0.6 is 0 Å². The van der Waals surface area contributed by atoms with Crippen molar-refractivity contribution in [3.8, 4) is 0 Å². The Hall–Kier alpha value is -1.10. The largest absolute Gasteiger partial charge is 0.449 e. The fraction of sp³-hybridized carbons (Fsp3) is 0.867. The normalized spacial score (nSPS) is 19.6. The molecule has 0 saturated carbocycles. The highest BCUT2D eigenvalue weighted by atomic mass is 16.6. The lowest BCUT2D eigenvalue weighted by Crippen LogP contribution is -2.48. The number of carbonyl (C=O) groups excluding carboxylic acids is 2. The van der Waals surface area contributed by atoms with Crippen LogP contribution in [-0.2, 0) is 14.3 Å². The zero-order chi connectivity index (χ0) is 15.8. The van der Waals surface area contributed by atoms with Gasteiger partial charge in [0.1, 0.15) is 0 Å². The molecule has 118 valence electrons. The van der Waals surface area contributed by atoms with E-state index in [2.05, 4.69) is 5.32 Å². The van der Waals surface area contributed by atoms with Gasteiger partial charge in [0.2, 0.25) is 0 Å². The molecule has 0 aromatic carbocycles. The molecular weight excluding hydrogens is 258 g/mol. The molecule has 2 atom stereocenters. The number of hydrogen-bond donors (Lipinski definition) is 1. The maximum atomic E-state index is 11.6. The van der Waals surface area contributed by atoms with Crippen molar-refractivity contribution in [2.24, 2.45) is 11.3 Å². The number of rotatable bonds is 4. The quantitative estimate of drug-likeness (QED) is 0.863. The van der Waals surface area contributed by atoms with E-state index in [0.29, 0.717) is 13.2 Å². The van der Waals surface area contributed by atoms with Crippen LogP contribution in [-0.4, -0.2) is 37.7 Å². The average Bonchev–Trinajstić information content (AvgIpc) is 2.87. The van der Waals surface area contributed by atoms with Gasteiger partial charge in [0.25, 0.3) is 0 Å². The number of nitrogens with one attached hydrogen (secondary N) is 1. The molecule has 5 nitrogen and oxygen atoms in total. The Balaban J connectivity index is 0.00000172. The molecule has 0 aliphatic carbocycles. The van der Waals surface area contributed by atoms with E-state index in [9.17, 15) is 9.59 Å². The van der Waals surface area contributed by atoms with E-state index >= 15 is 0 Å². The second-order valence-corrected chi connectivity index (χ2v) is 5.88. The summed E-state index contributed by atoms with van der Waals surface area (Å²) in [6.45, 7) is 12.9. The van der Waals surface area contributed by atoms with Gasteiger partial charge in [-0.3, -0.25) is 4.79 Å². The van der Waals surface area contributed by atoms with Crippen molar-refractivity contribution in [3.05, 3.63) is 0 Å². The van der Waals surface area contributed by atoms with Gasteiger partial charge in [-0.15, -0.1) is 0 Å². The van der Waals surface area contributed by atoms with E-state index in [4.69, 9.17) is 9.47 Å². The van der Waals surface area contributed by atoms with Gasteiger partial charge in [-0.2, -0.15) is 0 Å². The van der Waals surface area contributed by atoms with Crippen molar-refractivity contribution < 1.29 is 19.1 Å². The third kappa shape index (κ3) is 6.89. The number of amides is 1. The topological polar surface area (TPSA) is 64.6 Å². The zero-order valence-corrected chi connectivity index (χ0v) is 13.6. The van der Waals surface area contributed by atoms with Gasteiger partial charge in [-0.1, -0.05) is 34.6 Å². The van der Waals surface area contributed by atoms with Crippen LogP contribution in [0, 0.1) is 11.3 Å². The Morgan fingerprint density at radius 2 is 1.95 bits per heavy atom. The number of hydrogen-bond acceptors (Lipinski definition) is 4. The fourth-order valence-corrected chi connectivity index (χ4v) is 2.00. The van der Waals surface area contributed by atoms with Crippen LogP contribution in [0.5, 0.6) is 0 Å². The van der Waals surface area contributed by atoms with Gasteiger partial charge in [0.05, 0.1) is 19.3 Å². The average molecular weight is 287 g/mol. The Kier molecular flexibility index (Phi) is 8.46. The first-order chi connectivity index (χ1) is 9.30. The summed E-state index contributed by atoms with van der Waals surface area (Å²) >= 11 is 0. The van der Waals surface area contributed by atoms with Crippen LogP contribution in [0.2, 0.25) is 0 Å². The van der Waals surface area contributed by atoms with E-state index < -0.39 is 12.1 Å². The molecule has 1 aliphatic rings. The highest BCUT2D eigenvalue weighted by Gasteiger charge is 2.30. The van der Waals surface area contributed by atoms with E-state index in [1.807, 2.05) is 34.6 Å². The summed E-state index contributed by atoms with van der Waals surface area (Å²) < 4.78 is 10.3. The van der Waals surface area contributed by atoms with Crippen LogP contribution < -0.4 is 5.32 Å². The van der Waals surface area contributed by atoms with Crippen molar-refractivity contribution in [1.82, 2.24) is 5.32 Å². The van der Waals surface area contributed by atoms with E-state index in [1.165, 1.54) is 6.92 Å². The van der Waals surface area contributed by atoms with E-state index in [0.717, 1.165) is 13.0 Å². The van der Waals surface area contributed by atoms with Crippen molar-refractivity contribution >= 4 is 11.9 Å². The first kappa shape index (κ1) is 18.9. The molecule has 0 aromatic rings. The Morgan fingerprint density at radius 1 is 1.35 bits per heavy atom. The SMILES string of the molecule is CC.CC(=O)C(NC(=O)OCC1CCOC1)C(C)(C)C. The summed E-state index contributed by atoms with van der Waals surface area (Å²) in [6.07, 6.45) is 0.389. The molecule has 1 saturated heterocycles. The minimum atomic E-state index is -0.531. The predicted octanol–water partition coefficient (Wildman–Crippen LogP) is 2.78. The smallest absolute Gasteiger partial charge is 0.407 e. The summed E-state index contributed by atoms with van der Waals surface area (Å²) in [7, 11) is 0. The van der Waals surface area contributed by atoms with Gasteiger partial charge in [-0.05, 0) is 18.8 Å². The second-order valence-electron chi connectivity index (χ2n) is 5.88. The summed E-state index contributed by atoms with van der Waals surface area (Å²) in [5.74, 6) is 0.213. The molecule has 1 fully saturated rings. The molecule has 1 rings (SSSR count). The predicted molar refractivity (Wildman–Crippen MR) is 78.7 cm³/mol. The molecule has 1 heterocycles. The van der Waals surface area contributed by atoms with Crippen molar-refractivity contribution in [1.29, 1.82) is 0 Å². The highest BCUT2D eigenvalue weighted by molar-refractivity contribution is 5.86. The summed E-state index contributed by atoms with van der Waals surface area (Å²) in [6, 6.07) is -0.523. The lowest BCUT2D eigenvalue weighted by atomic mass is 9.85. The van der Waals surface area contributed by atoms with Crippen LogP contribution in [0.3, 0.4) is 0 Å². The minimum absolute atomic E-state index is 0.0661. The van der Waals surface area contributed by atoms with Gasteiger partial charge < -0.3 is 14.8 Å². The summed E-state index contributed by atoms with van der Waals surface area (Å²) in [4.78, 5) is 23.1. The molecule has 1 aliphatic heterocycles. The number of ether oxygens (including phenoxy) is 2. The van der Waals surface area contributed by atoms with Gasteiger partial charge >= 0.3 is 6.09 Å². The maximum Gasteiger partial charge on any atom is 0.407 e. The number of ketones is 1. The molecule has 20 heavy (non-hydrogen) atoms. The molecule has 0 aromatic heterocycles.